The Labute approximate surface area is 93.2 Å². The second-order valence-corrected chi connectivity index (χ2v) is 5.02. The minimum absolute atomic E-state index is 0.660. The third-order valence-electron chi connectivity index (χ3n) is 3.53. The molecule has 2 saturated heterocycles. The molecule has 0 bridgehead atoms. The van der Waals surface area contributed by atoms with Crippen molar-refractivity contribution in [2.45, 2.75) is 32.2 Å². The first-order valence-electron chi connectivity index (χ1n) is 6.38. The molecule has 15 heavy (non-hydrogen) atoms. The van der Waals surface area contributed by atoms with E-state index in [0.29, 0.717) is 6.04 Å². The van der Waals surface area contributed by atoms with Crippen molar-refractivity contribution < 1.29 is 4.74 Å². The highest BCUT2D eigenvalue weighted by Gasteiger charge is 2.20. The number of nitrogens with one attached hydrogen (secondary N) is 1. The van der Waals surface area contributed by atoms with Gasteiger partial charge in [0.1, 0.15) is 0 Å². The van der Waals surface area contributed by atoms with E-state index in [1.54, 1.807) is 0 Å². The summed E-state index contributed by atoms with van der Waals surface area (Å²) < 4.78 is 5.40. The summed E-state index contributed by atoms with van der Waals surface area (Å²) in [7, 11) is 0. The fourth-order valence-corrected chi connectivity index (χ4v) is 2.65. The van der Waals surface area contributed by atoms with Crippen LogP contribution in [0, 0.1) is 5.92 Å². The van der Waals surface area contributed by atoms with Crippen LogP contribution in [-0.4, -0.2) is 50.3 Å². The zero-order valence-corrected chi connectivity index (χ0v) is 9.87. The van der Waals surface area contributed by atoms with Gasteiger partial charge in [0.2, 0.25) is 0 Å². The number of hydrogen-bond acceptors (Lipinski definition) is 3. The fraction of sp³-hybridized carbons (Fsp3) is 1.00. The lowest BCUT2D eigenvalue weighted by molar-refractivity contribution is 0.0525. The van der Waals surface area contributed by atoms with Crippen LogP contribution in [0.1, 0.15) is 26.2 Å². The van der Waals surface area contributed by atoms with Gasteiger partial charge in [-0.15, -0.1) is 0 Å². The molecule has 1 unspecified atom stereocenters. The van der Waals surface area contributed by atoms with Crippen molar-refractivity contribution in [3.05, 3.63) is 0 Å². The van der Waals surface area contributed by atoms with Crippen molar-refractivity contribution in [1.82, 2.24) is 10.2 Å². The molecule has 0 aromatic heterocycles. The summed E-state index contributed by atoms with van der Waals surface area (Å²) in [6.45, 7) is 9.22. The maximum atomic E-state index is 5.40. The highest BCUT2D eigenvalue weighted by molar-refractivity contribution is 4.76. The topological polar surface area (TPSA) is 24.5 Å². The predicted octanol–water partition coefficient (Wildman–Crippen LogP) is 1.10. The van der Waals surface area contributed by atoms with Crippen LogP contribution < -0.4 is 5.32 Å². The molecule has 0 aromatic rings. The number of rotatable bonds is 2. The van der Waals surface area contributed by atoms with E-state index < -0.39 is 0 Å². The standard InChI is InChI=1S/C12H24N2O/c1-11-9-14(6-2-5-13-11)10-12-3-7-15-8-4-12/h11-13H,2-10H2,1H3. The van der Waals surface area contributed by atoms with Crippen LogP contribution in [0.5, 0.6) is 0 Å². The minimum atomic E-state index is 0.660. The summed E-state index contributed by atoms with van der Waals surface area (Å²) in [5.41, 5.74) is 0. The van der Waals surface area contributed by atoms with Crippen LogP contribution in [-0.2, 0) is 4.74 Å². The largest absolute Gasteiger partial charge is 0.381 e. The molecule has 0 aliphatic carbocycles. The van der Waals surface area contributed by atoms with E-state index >= 15 is 0 Å². The van der Waals surface area contributed by atoms with Crippen LogP contribution in [0.2, 0.25) is 0 Å². The van der Waals surface area contributed by atoms with Gasteiger partial charge in [0.25, 0.3) is 0 Å². The first-order valence-corrected chi connectivity index (χ1v) is 6.38. The van der Waals surface area contributed by atoms with Crippen molar-refractivity contribution in [2.24, 2.45) is 5.92 Å². The monoisotopic (exact) mass is 212 g/mol. The van der Waals surface area contributed by atoms with Crippen LogP contribution in [0.3, 0.4) is 0 Å². The maximum absolute atomic E-state index is 5.40. The first kappa shape index (κ1) is 11.4. The van der Waals surface area contributed by atoms with Gasteiger partial charge >= 0.3 is 0 Å². The highest BCUT2D eigenvalue weighted by atomic mass is 16.5. The number of nitrogens with zero attached hydrogens (tertiary/aromatic N) is 1. The third-order valence-corrected chi connectivity index (χ3v) is 3.53. The molecule has 0 saturated carbocycles. The Balaban J connectivity index is 1.76. The lowest BCUT2D eigenvalue weighted by Crippen LogP contribution is -2.38. The molecule has 2 rings (SSSR count). The smallest absolute Gasteiger partial charge is 0.0469 e. The summed E-state index contributed by atoms with van der Waals surface area (Å²) in [6.07, 6.45) is 3.82. The fourth-order valence-electron chi connectivity index (χ4n) is 2.65. The molecule has 2 fully saturated rings. The summed E-state index contributed by atoms with van der Waals surface area (Å²) >= 11 is 0. The summed E-state index contributed by atoms with van der Waals surface area (Å²) in [5, 5.41) is 3.55. The molecule has 1 N–H and O–H groups in total. The van der Waals surface area contributed by atoms with Gasteiger partial charge in [0, 0.05) is 32.3 Å². The van der Waals surface area contributed by atoms with Crippen molar-refractivity contribution in [2.75, 3.05) is 39.4 Å². The van der Waals surface area contributed by atoms with E-state index in [2.05, 4.69) is 17.1 Å². The molecule has 3 heteroatoms. The maximum Gasteiger partial charge on any atom is 0.0469 e. The molecular formula is C12H24N2O. The molecule has 2 heterocycles. The van der Waals surface area contributed by atoms with E-state index in [4.69, 9.17) is 4.74 Å². The van der Waals surface area contributed by atoms with Gasteiger partial charge in [-0.1, -0.05) is 0 Å². The van der Waals surface area contributed by atoms with E-state index in [9.17, 15) is 0 Å². The van der Waals surface area contributed by atoms with Crippen LogP contribution in [0.25, 0.3) is 0 Å². The molecule has 3 nitrogen and oxygen atoms in total. The van der Waals surface area contributed by atoms with Gasteiger partial charge in [-0.2, -0.15) is 0 Å². The Kier molecular flexibility index (Phi) is 4.42. The summed E-state index contributed by atoms with van der Waals surface area (Å²) in [5.74, 6) is 0.879. The zero-order valence-electron chi connectivity index (χ0n) is 9.87. The van der Waals surface area contributed by atoms with Crippen LogP contribution in [0.4, 0.5) is 0 Å². The van der Waals surface area contributed by atoms with Crippen LogP contribution in [0.15, 0.2) is 0 Å². The Morgan fingerprint density at radius 1 is 1.33 bits per heavy atom. The molecule has 0 amide bonds. The molecule has 2 aliphatic heterocycles. The van der Waals surface area contributed by atoms with E-state index in [1.807, 2.05) is 0 Å². The molecule has 2 aliphatic rings. The molecule has 0 radical (unpaired) electrons. The molecule has 0 spiro atoms. The average Bonchev–Trinajstić information content (AvgIpc) is 2.44. The molecule has 0 aromatic carbocycles. The van der Waals surface area contributed by atoms with Gasteiger partial charge in [-0.3, -0.25) is 0 Å². The summed E-state index contributed by atoms with van der Waals surface area (Å²) in [4.78, 5) is 2.64. The van der Waals surface area contributed by atoms with Gasteiger partial charge in [0.15, 0.2) is 0 Å². The van der Waals surface area contributed by atoms with Gasteiger partial charge < -0.3 is 15.0 Å². The lowest BCUT2D eigenvalue weighted by Gasteiger charge is -2.29. The highest BCUT2D eigenvalue weighted by Crippen LogP contribution is 2.16. The molecular weight excluding hydrogens is 188 g/mol. The first-order chi connectivity index (χ1) is 7.34. The van der Waals surface area contributed by atoms with Crippen molar-refractivity contribution in [1.29, 1.82) is 0 Å². The van der Waals surface area contributed by atoms with E-state index in [1.165, 1.54) is 45.4 Å². The Morgan fingerprint density at radius 3 is 2.93 bits per heavy atom. The van der Waals surface area contributed by atoms with Gasteiger partial charge in [-0.05, 0) is 45.2 Å². The van der Waals surface area contributed by atoms with Gasteiger partial charge in [-0.25, -0.2) is 0 Å². The predicted molar refractivity (Wildman–Crippen MR) is 62.1 cm³/mol. The lowest BCUT2D eigenvalue weighted by atomic mass is 9.99. The second kappa shape index (κ2) is 5.83. The summed E-state index contributed by atoms with van der Waals surface area (Å²) in [6, 6.07) is 0.660. The Bertz CT molecular complexity index is 180. The quantitative estimate of drug-likeness (QED) is 0.742. The normalized spacial score (nSPS) is 31.4. The SMILES string of the molecule is CC1CN(CC2CCOCC2)CCCN1. The Hall–Kier alpha value is -0.120. The van der Waals surface area contributed by atoms with Gasteiger partial charge in [0.05, 0.1) is 0 Å². The van der Waals surface area contributed by atoms with Crippen molar-refractivity contribution >= 4 is 0 Å². The number of ether oxygens (including phenoxy) is 1. The van der Waals surface area contributed by atoms with E-state index in [-0.39, 0.29) is 0 Å². The number of hydrogen-bond donors (Lipinski definition) is 1. The van der Waals surface area contributed by atoms with Crippen molar-refractivity contribution in [3.63, 3.8) is 0 Å². The Morgan fingerprint density at radius 2 is 2.13 bits per heavy atom. The van der Waals surface area contributed by atoms with Crippen LogP contribution >= 0.6 is 0 Å². The third kappa shape index (κ3) is 3.74. The van der Waals surface area contributed by atoms with E-state index in [0.717, 1.165) is 19.1 Å². The second-order valence-electron chi connectivity index (χ2n) is 5.02. The zero-order chi connectivity index (χ0) is 10.5. The minimum Gasteiger partial charge on any atom is -0.381 e. The average molecular weight is 212 g/mol. The molecule has 88 valence electrons. The molecule has 1 atom stereocenters. The van der Waals surface area contributed by atoms with Crippen molar-refractivity contribution in [3.8, 4) is 0 Å².